The maximum absolute atomic E-state index is 12.6. The van der Waals surface area contributed by atoms with Gasteiger partial charge in [-0.3, -0.25) is 9.69 Å². The fourth-order valence-corrected chi connectivity index (χ4v) is 4.39. The molecule has 0 bridgehead atoms. The summed E-state index contributed by atoms with van der Waals surface area (Å²) in [5, 5.41) is 3.14. The highest BCUT2D eigenvalue weighted by atomic mass is 32.1. The van der Waals surface area contributed by atoms with E-state index in [1.807, 2.05) is 0 Å². The van der Waals surface area contributed by atoms with Gasteiger partial charge in [0.05, 0.1) is 18.7 Å². The Labute approximate surface area is 176 Å². The third-order valence-electron chi connectivity index (χ3n) is 4.71. The molecular formula is C21H30N2O5S. The van der Waals surface area contributed by atoms with Crippen molar-refractivity contribution in [1.82, 2.24) is 4.90 Å². The summed E-state index contributed by atoms with van der Waals surface area (Å²) in [5.74, 6) is -1.32. The minimum atomic E-state index is -0.564. The number of likely N-dealkylation sites (tertiary alicyclic amines) is 1. The number of hydrogen-bond acceptors (Lipinski definition) is 7. The van der Waals surface area contributed by atoms with E-state index in [4.69, 9.17) is 9.47 Å². The molecule has 1 aromatic heterocycles. The van der Waals surface area contributed by atoms with Crippen LogP contribution in [-0.4, -0.2) is 55.6 Å². The second kappa shape index (κ2) is 11.7. The standard InChI is InChI=1S/C21H30N2O5S/c1-4-13-28-21(26)18-15(3)17(20(25)27-5-2)19(29-18)22-16(24)14-23-11-9-7-6-8-10-12-23/h4H,1,5-14H2,2-3H3,(H,22,24). The highest BCUT2D eigenvalue weighted by Gasteiger charge is 2.27. The number of amides is 1. The molecule has 0 aromatic carbocycles. The van der Waals surface area contributed by atoms with E-state index in [1.54, 1.807) is 13.8 Å². The number of nitrogens with one attached hydrogen (secondary N) is 1. The van der Waals surface area contributed by atoms with Crippen LogP contribution in [0.25, 0.3) is 0 Å². The van der Waals surface area contributed by atoms with Gasteiger partial charge >= 0.3 is 11.9 Å². The molecule has 7 nitrogen and oxygen atoms in total. The number of anilines is 1. The van der Waals surface area contributed by atoms with Crippen LogP contribution in [0.3, 0.4) is 0 Å². The largest absolute Gasteiger partial charge is 0.462 e. The lowest BCUT2D eigenvalue weighted by molar-refractivity contribution is -0.117. The fourth-order valence-electron chi connectivity index (χ4n) is 3.29. The Morgan fingerprint density at radius 1 is 1.10 bits per heavy atom. The minimum Gasteiger partial charge on any atom is -0.462 e. The van der Waals surface area contributed by atoms with E-state index in [2.05, 4.69) is 16.8 Å². The summed E-state index contributed by atoms with van der Waals surface area (Å²) in [6.45, 7) is 9.19. The highest BCUT2D eigenvalue weighted by molar-refractivity contribution is 7.18. The maximum Gasteiger partial charge on any atom is 0.348 e. The van der Waals surface area contributed by atoms with E-state index in [0.717, 1.165) is 37.3 Å². The Bertz CT molecular complexity index is 736. The molecule has 0 spiro atoms. The van der Waals surface area contributed by atoms with Crippen molar-refractivity contribution < 1.29 is 23.9 Å². The Balaban J connectivity index is 2.17. The molecule has 0 atom stereocenters. The maximum atomic E-state index is 12.6. The molecule has 1 aromatic rings. The first-order valence-corrected chi connectivity index (χ1v) is 10.9. The smallest absolute Gasteiger partial charge is 0.348 e. The van der Waals surface area contributed by atoms with Crippen LogP contribution in [0, 0.1) is 6.92 Å². The van der Waals surface area contributed by atoms with Crippen LogP contribution in [-0.2, 0) is 14.3 Å². The van der Waals surface area contributed by atoms with Gasteiger partial charge in [-0.05, 0) is 45.3 Å². The van der Waals surface area contributed by atoms with Crippen LogP contribution < -0.4 is 5.32 Å². The van der Waals surface area contributed by atoms with E-state index in [9.17, 15) is 14.4 Å². The Hall–Kier alpha value is -2.19. The molecule has 1 saturated heterocycles. The molecule has 2 rings (SSSR count). The summed E-state index contributed by atoms with van der Waals surface area (Å²) < 4.78 is 10.2. The second-order valence-electron chi connectivity index (χ2n) is 6.96. The van der Waals surface area contributed by atoms with Gasteiger partial charge in [-0.15, -0.1) is 11.3 Å². The molecule has 0 saturated carbocycles. The van der Waals surface area contributed by atoms with Gasteiger partial charge in [0.1, 0.15) is 16.5 Å². The number of esters is 2. The molecule has 1 aliphatic rings. The molecule has 29 heavy (non-hydrogen) atoms. The molecule has 160 valence electrons. The molecule has 2 heterocycles. The van der Waals surface area contributed by atoms with Crippen LogP contribution in [0.5, 0.6) is 0 Å². The van der Waals surface area contributed by atoms with Crippen molar-refractivity contribution in [3.8, 4) is 0 Å². The first kappa shape index (κ1) is 23.1. The van der Waals surface area contributed by atoms with Crippen LogP contribution in [0.4, 0.5) is 5.00 Å². The first-order valence-electron chi connectivity index (χ1n) is 10.1. The van der Waals surface area contributed by atoms with Crippen molar-refractivity contribution in [1.29, 1.82) is 0 Å². The number of nitrogens with zero attached hydrogens (tertiary/aromatic N) is 1. The number of rotatable bonds is 8. The lowest BCUT2D eigenvalue weighted by Crippen LogP contribution is -2.35. The topological polar surface area (TPSA) is 84.9 Å². The van der Waals surface area contributed by atoms with E-state index in [-0.39, 0.29) is 36.1 Å². The van der Waals surface area contributed by atoms with Crippen LogP contribution >= 0.6 is 11.3 Å². The zero-order valence-electron chi connectivity index (χ0n) is 17.3. The zero-order chi connectivity index (χ0) is 21.2. The number of carbonyl (C=O) groups excluding carboxylic acids is 3. The summed E-state index contributed by atoms with van der Waals surface area (Å²) in [7, 11) is 0. The molecule has 1 N–H and O–H groups in total. The van der Waals surface area contributed by atoms with Crippen LogP contribution in [0.2, 0.25) is 0 Å². The van der Waals surface area contributed by atoms with Crippen molar-refractivity contribution in [2.45, 2.75) is 46.0 Å². The molecule has 1 fully saturated rings. The molecule has 0 unspecified atom stereocenters. The third-order valence-corrected chi connectivity index (χ3v) is 5.90. The van der Waals surface area contributed by atoms with Gasteiger partial charge in [0.2, 0.25) is 5.91 Å². The van der Waals surface area contributed by atoms with Crippen molar-refractivity contribution >= 4 is 34.2 Å². The van der Waals surface area contributed by atoms with Crippen molar-refractivity contribution in [3.63, 3.8) is 0 Å². The Kier molecular flexibility index (Phi) is 9.34. The number of carbonyl (C=O) groups is 3. The van der Waals surface area contributed by atoms with Crippen LogP contribution in [0.1, 0.15) is 64.6 Å². The lowest BCUT2D eigenvalue weighted by Gasteiger charge is -2.23. The predicted octanol–water partition coefficient (Wildman–Crippen LogP) is 3.78. The van der Waals surface area contributed by atoms with E-state index >= 15 is 0 Å². The number of hydrogen-bond donors (Lipinski definition) is 1. The van der Waals surface area contributed by atoms with Crippen molar-refractivity contribution in [2.24, 2.45) is 0 Å². The Morgan fingerprint density at radius 2 is 1.76 bits per heavy atom. The highest BCUT2D eigenvalue weighted by Crippen LogP contribution is 2.34. The summed E-state index contributed by atoms with van der Waals surface area (Å²) in [5.41, 5.74) is 0.660. The average molecular weight is 423 g/mol. The van der Waals surface area contributed by atoms with Gasteiger partial charge in [-0.1, -0.05) is 31.9 Å². The number of ether oxygens (including phenoxy) is 2. The van der Waals surface area contributed by atoms with Crippen molar-refractivity contribution in [3.05, 3.63) is 28.7 Å². The number of thiophene rings is 1. The van der Waals surface area contributed by atoms with Gasteiger partial charge in [0, 0.05) is 0 Å². The normalized spacial score (nSPS) is 15.1. The quantitative estimate of drug-likeness (QED) is 0.507. The van der Waals surface area contributed by atoms with E-state index < -0.39 is 11.9 Å². The SMILES string of the molecule is C=CCOC(=O)c1sc(NC(=O)CN2CCCCCCC2)c(C(=O)OCC)c1C. The summed E-state index contributed by atoms with van der Waals surface area (Å²) in [6.07, 6.45) is 7.26. The van der Waals surface area contributed by atoms with Gasteiger partial charge < -0.3 is 14.8 Å². The second-order valence-corrected chi connectivity index (χ2v) is 7.98. The summed E-state index contributed by atoms with van der Waals surface area (Å²) >= 11 is 1.04. The monoisotopic (exact) mass is 422 g/mol. The minimum absolute atomic E-state index is 0.0710. The van der Waals surface area contributed by atoms with E-state index in [1.165, 1.54) is 25.3 Å². The zero-order valence-corrected chi connectivity index (χ0v) is 18.1. The molecule has 1 aliphatic heterocycles. The van der Waals surface area contributed by atoms with Gasteiger partial charge in [-0.25, -0.2) is 9.59 Å². The predicted molar refractivity (Wildman–Crippen MR) is 114 cm³/mol. The third kappa shape index (κ3) is 6.68. The average Bonchev–Trinajstić information content (AvgIpc) is 2.98. The molecule has 0 aliphatic carbocycles. The fraction of sp³-hybridized carbons (Fsp3) is 0.571. The Morgan fingerprint density at radius 3 is 2.38 bits per heavy atom. The van der Waals surface area contributed by atoms with Gasteiger partial charge in [-0.2, -0.15) is 0 Å². The van der Waals surface area contributed by atoms with E-state index in [0.29, 0.717) is 10.6 Å². The molecular weight excluding hydrogens is 392 g/mol. The van der Waals surface area contributed by atoms with Crippen LogP contribution in [0.15, 0.2) is 12.7 Å². The summed E-state index contributed by atoms with van der Waals surface area (Å²) in [6, 6.07) is 0. The molecule has 0 radical (unpaired) electrons. The van der Waals surface area contributed by atoms with Gasteiger partial charge in [0.25, 0.3) is 0 Å². The summed E-state index contributed by atoms with van der Waals surface area (Å²) in [4.78, 5) is 39.8. The molecule has 8 heteroatoms. The lowest BCUT2D eigenvalue weighted by atomic mass is 10.1. The van der Waals surface area contributed by atoms with Gasteiger partial charge in [0.15, 0.2) is 0 Å². The van der Waals surface area contributed by atoms with Crippen molar-refractivity contribution in [2.75, 3.05) is 38.2 Å². The first-order chi connectivity index (χ1) is 14.0. The molecule has 1 amide bonds.